The van der Waals surface area contributed by atoms with Crippen LogP contribution in [0.1, 0.15) is 19.4 Å². The third-order valence-electron chi connectivity index (χ3n) is 2.58. The molecule has 0 aliphatic carbocycles. The first kappa shape index (κ1) is 14.2. The summed E-state index contributed by atoms with van der Waals surface area (Å²) in [5, 5.41) is 2.76. The van der Waals surface area contributed by atoms with Crippen LogP contribution in [0.3, 0.4) is 0 Å². The minimum absolute atomic E-state index is 0.0281. The van der Waals surface area contributed by atoms with E-state index in [1.807, 2.05) is 25.7 Å². The van der Waals surface area contributed by atoms with Crippen molar-refractivity contribution in [3.8, 4) is 0 Å². The molecule has 0 saturated carbocycles. The lowest BCUT2D eigenvalue weighted by atomic mass is 10.3. The summed E-state index contributed by atoms with van der Waals surface area (Å²) >= 11 is 0. The number of hydrazine groups is 1. The quantitative estimate of drug-likeness (QED) is 0.488. The molecule has 0 aromatic carbocycles. The minimum Gasteiger partial charge on any atom is -0.355 e. The third kappa shape index (κ3) is 3.30. The normalized spacial score (nSPS) is 10.0. The highest BCUT2D eigenvalue weighted by Crippen LogP contribution is 2.20. The molecule has 1 amide bonds. The molecule has 7 nitrogen and oxygen atoms in total. The topological polar surface area (TPSA) is 96.2 Å². The summed E-state index contributed by atoms with van der Waals surface area (Å²) in [5.41, 5.74) is 3.34. The fourth-order valence-corrected chi connectivity index (χ4v) is 1.67. The van der Waals surface area contributed by atoms with Crippen LogP contribution in [-0.4, -0.2) is 35.5 Å². The van der Waals surface area contributed by atoms with Gasteiger partial charge in [0.25, 0.3) is 0 Å². The van der Waals surface area contributed by atoms with Gasteiger partial charge in [0.1, 0.15) is 18.0 Å². The lowest BCUT2D eigenvalue weighted by Gasteiger charge is -2.23. The van der Waals surface area contributed by atoms with Gasteiger partial charge in [-0.25, -0.2) is 15.8 Å². The van der Waals surface area contributed by atoms with Gasteiger partial charge in [-0.1, -0.05) is 0 Å². The highest BCUT2D eigenvalue weighted by Gasteiger charge is 2.15. The van der Waals surface area contributed by atoms with Crippen molar-refractivity contribution in [2.75, 3.05) is 30.0 Å². The van der Waals surface area contributed by atoms with Crippen LogP contribution in [0, 0.1) is 6.92 Å². The second kappa shape index (κ2) is 6.75. The maximum absolute atomic E-state index is 11.6. The van der Waals surface area contributed by atoms with Crippen molar-refractivity contribution in [3.05, 3.63) is 11.9 Å². The number of carbonyl (C=O) groups excluding carboxylic acids is 1. The van der Waals surface area contributed by atoms with Crippen LogP contribution in [-0.2, 0) is 4.79 Å². The Labute approximate surface area is 107 Å². The lowest BCUT2D eigenvalue weighted by molar-refractivity contribution is -0.119. The number of amides is 1. The average molecular weight is 252 g/mol. The van der Waals surface area contributed by atoms with E-state index in [2.05, 4.69) is 20.7 Å². The number of nitrogens with zero attached hydrogens (tertiary/aromatic N) is 3. The molecule has 18 heavy (non-hydrogen) atoms. The van der Waals surface area contributed by atoms with Crippen molar-refractivity contribution in [2.24, 2.45) is 5.84 Å². The lowest BCUT2D eigenvalue weighted by Crippen LogP contribution is -2.38. The van der Waals surface area contributed by atoms with Crippen LogP contribution in [0.4, 0.5) is 11.6 Å². The molecule has 0 fully saturated rings. The second-order valence-corrected chi connectivity index (χ2v) is 3.78. The van der Waals surface area contributed by atoms with Crippen molar-refractivity contribution < 1.29 is 4.79 Å². The van der Waals surface area contributed by atoms with E-state index < -0.39 is 0 Å². The van der Waals surface area contributed by atoms with E-state index in [1.165, 1.54) is 6.33 Å². The van der Waals surface area contributed by atoms with Crippen LogP contribution in [0.5, 0.6) is 0 Å². The Kier molecular flexibility index (Phi) is 5.31. The number of carbonyl (C=O) groups is 1. The molecule has 0 atom stereocenters. The molecule has 0 spiro atoms. The second-order valence-electron chi connectivity index (χ2n) is 3.78. The molecule has 0 aliphatic rings. The number of hydrogen-bond acceptors (Lipinski definition) is 6. The molecular weight excluding hydrogens is 232 g/mol. The zero-order chi connectivity index (χ0) is 13.5. The van der Waals surface area contributed by atoms with Gasteiger partial charge >= 0.3 is 0 Å². The molecule has 1 aromatic heterocycles. The molecule has 1 heterocycles. The van der Waals surface area contributed by atoms with E-state index >= 15 is 0 Å². The molecule has 100 valence electrons. The largest absolute Gasteiger partial charge is 0.355 e. The van der Waals surface area contributed by atoms with Gasteiger partial charge in [0.15, 0.2) is 0 Å². The number of nitrogens with two attached hydrogens (primary N) is 1. The predicted molar refractivity (Wildman–Crippen MR) is 71.1 cm³/mol. The Morgan fingerprint density at radius 1 is 1.44 bits per heavy atom. The van der Waals surface area contributed by atoms with Crippen molar-refractivity contribution in [1.82, 2.24) is 15.3 Å². The van der Waals surface area contributed by atoms with Crippen molar-refractivity contribution in [1.29, 1.82) is 0 Å². The van der Waals surface area contributed by atoms with Crippen molar-refractivity contribution >= 4 is 17.5 Å². The van der Waals surface area contributed by atoms with Gasteiger partial charge < -0.3 is 15.6 Å². The van der Waals surface area contributed by atoms with Crippen LogP contribution < -0.4 is 21.5 Å². The van der Waals surface area contributed by atoms with Crippen LogP contribution in [0.25, 0.3) is 0 Å². The van der Waals surface area contributed by atoms with Crippen LogP contribution in [0.15, 0.2) is 6.33 Å². The zero-order valence-corrected chi connectivity index (χ0v) is 11.0. The number of nitrogen functional groups attached to an aromatic ring is 1. The van der Waals surface area contributed by atoms with E-state index in [0.29, 0.717) is 24.7 Å². The molecule has 1 rings (SSSR count). The number of likely N-dealkylation sites (N-methyl/N-ethyl adjacent to an activating group) is 2. The first-order chi connectivity index (χ1) is 8.63. The first-order valence-electron chi connectivity index (χ1n) is 5.93. The van der Waals surface area contributed by atoms with E-state index in [1.54, 1.807) is 0 Å². The maximum Gasteiger partial charge on any atom is 0.239 e. The molecule has 0 aliphatic heterocycles. The van der Waals surface area contributed by atoms with E-state index in [0.717, 1.165) is 5.56 Å². The summed E-state index contributed by atoms with van der Waals surface area (Å²) < 4.78 is 0. The Balaban J connectivity index is 2.91. The molecule has 7 heteroatoms. The fourth-order valence-electron chi connectivity index (χ4n) is 1.67. The molecule has 0 saturated heterocycles. The molecule has 1 aromatic rings. The number of rotatable bonds is 6. The summed E-state index contributed by atoms with van der Waals surface area (Å²) in [5.74, 6) is 6.62. The van der Waals surface area contributed by atoms with Crippen LogP contribution in [0.2, 0.25) is 0 Å². The Morgan fingerprint density at radius 3 is 2.72 bits per heavy atom. The summed E-state index contributed by atoms with van der Waals surface area (Å²) in [6.07, 6.45) is 1.43. The molecular formula is C11H20N6O. The number of anilines is 2. The predicted octanol–water partition coefficient (Wildman–Crippen LogP) is 0.0330. The van der Waals surface area contributed by atoms with Gasteiger partial charge in [-0.15, -0.1) is 0 Å². The van der Waals surface area contributed by atoms with E-state index in [4.69, 9.17) is 5.84 Å². The maximum atomic E-state index is 11.6. The Bertz CT molecular complexity index is 409. The van der Waals surface area contributed by atoms with Gasteiger partial charge in [0.05, 0.1) is 6.54 Å². The standard InChI is InChI=1S/C11H20N6O/c1-4-13-9(18)6-17(5-2)11-8(3)10(16-12)14-7-15-11/h7H,4-6,12H2,1-3H3,(H,13,18)(H,14,15,16). The molecule has 0 unspecified atom stereocenters. The average Bonchev–Trinajstić information content (AvgIpc) is 2.37. The highest BCUT2D eigenvalue weighted by atomic mass is 16.2. The van der Waals surface area contributed by atoms with Crippen molar-refractivity contribution in [3.63, 3.8) is 0 Å². The van der Waals surface area contributed by atoms with Gasteiger partial charge in [-0.2, -0.15) is 0 Å². The van der Waals surface area contributed by atoms with Gasteiger partial charge in [0, 0.05) is 18.7 Å². The summed E-state index contributed by atoms with van der Waals surface area (Å²) in [4.78, 5) is 21.7. The Hall–Kier alpha value is -1.89. The minimum atomic E-state index is -0.0281. The van der Waals surface area contributed by atoms with Crippen LogP contribution >= 0.6 is 0 Å². The number of aromatic nitrogens is 2. The smallest absolute Gasteiger partial charge is 0.239 e. The summed E-state index contributed by atoms with van der Waals surface area (Å²) in [6.45, 7) is 7.29. The fraction of sp³-hybridized carbons (Fsp3) is 0.545. The molecule has 0 radical (unpaired) electrons. The van der Waals surface area contributed by atoms with Gasteiger partial charge in [-0.3, -0.25) is 4.79 Å². The Morgan fingerprint density at radius 2 is 2.17 bits per heavy atom. The number of hydrogen-bond donors (Lipinski definition) is 3. The summed E-state index contributed by atoms with van der Waals surface area (Å²) in [7, 11) is 0. The zero-order valence-electron chi connectivity index (χ0n) is 11.0. The summed E-state index contributed by atoms with van der Waals surface area (Å²) in [6, 6.07) is 0. The monoisotopic (exact) mass is 252 g/mol. The van der Waals surface area contributed by atoms with E-state index in [9.17, 15) is 4.79 Å². The van der Waals surface area contributed by atoms with E-state index in [-0.39, 0.29) is 12.5 Å². The molecule has 0 bridgehead atoms. The first-order valence-corrected chi connectivity index (χ1v) is 5.93. The molecule has 4 N–H and O–H groups in total. The number of nitrogens with one attached hydrogen (secondary N) is 2. The van der Waals surface area contributed by atoms with Crippen molar-refractivity contribution in [2.45, 2.75) is 20.8 Å². The SMILES string of the molecule is CCNC(=O)CN(CC)c1ncnc(NN)c1C. The van der Waals surface area contributed by atoms with Gasteiger partial charge in [0.2, 0.25) is 5.91 Å². The third-order valence-corrected chi connectivity index (χ3v) is 2.58. The van der Waals surface area contributed by atoms with Gasteiger partial charge in [-0.05, 0) is 20.8 Å². The highest BCUT2D eigenvalue weighted by molar-refractivity contribution is 5.81.